The first kappa shape index (κ1) is 16.7. The first-order chi connectivity index (χ1) is 10.7. The Bertz CT molecular complexity index is 630. The van der Waals surface area contributed by atoms with E-state index in [0.717, 1.165) is 15.7 Å². The van der Waals surface area contributed by atoms with Crippen molar-refractivity contribution in [3.63, 3.8) is 0 Å². The number of rotatable bonds is 7. The third-order valence-corrected chi connectivity index (χ3v) is 5.07. The van der Waals surface area contributed by atoms with Gasteiger partial charge in [-0.2, -0.15) is 0 Å². The lowest BCUT2D eigenvalue weighted by Gasteiger charge is -2.06. The Labute approximate surface area is 137 Å². The van der Waals surface area contributed by atoms with E-state index in [0.29, 0.717) is 17.9 Å². The summed E-state index contributed by atoms with van der Waals surface area (Å²) in [4.78, 5) is 17.0. The van der Waals surface area contributed by atoms with E-state index in [1.54, 1.807) is 24.0 Å². The Kier molecular flexibility index (Phi) is 6.61. The van der Waals surface area contributed by atoms with Crippen molar-refractivity contribution in [2.75, 3.05) is 18.1 Å². The lowest BCUT2D eigenvalue weighted by atomic mass is 10.3. The Balaban J connectivity index is 1.81. The van der Waals surface area contributed by atoms with Gasteiger partial charge in [-0.15, -0.1) is 11.8 Å². The molecule has 1 atom stereocenters. The fourth-order valence-corrected chi connectivity index (χ4v) is 3.37. The van der Waals surface area contributed by atoms with Crippen LogP contribution >= 0.6 is 11.8 Å². The van der Waals surface area contributed by atoms with E-state index in [1.807, 2.05) is 36.4 Å². The maximum atomic E-state index is 12.0. The van der Waals surface area contributed by atoms with Gasteiger partial charge in [-0.05, 0) is 30.0 Å². The number of thioether (sulfide) groups is 1. The maximum absolute atomic E-state index is 12.0. The van der Waals surface area contributed by atoms with Crippen molar-refractivity contribution in [3.8, 4) is 0 Å². The first-order valence-corrected chi connectivity index (χ1v) is 9.31. The second-order valence-corrected chi connectivity index (χ2v) is 7.29. The number of hydrogen-bond donors (Lipinski definition) is 1. The molecular formula is C16H18N2O2S2. The lowest BCUT2D eigenvalue weighted by Crippen LogP contribution is -2.27. The monoisotopic (exact) mass is 334 g/mol. The van der Waals surface area contributed by atoms with Gasteiger partial charge >= 0.3 is 0 Å². The van der Waals surface area contributed by atoms with E-state index in [4.69, 9.17) is 0 Å². The largest absolute Gasteiger partial charge is 0.351 e. The minimum Gasteiger partial charge on any atom is -0.351 e. The molecule has 0 aliphatic heterocycles. The van der Waals surface area contributed by atoms with E-state index >= 15 is 0 Å². The van der Waals surface area contributed by atoms with Gasteiger partial charge in [0.25, 0.3) is 5.91 Å². The highest BCUT2D eigenvalue weighted by atomic mass is 32.2. The maximum Gasteiger partial charge on any atom is 0.252 e. The van der Waals surface area contributed by atoms with E-state index < -0.39 is 10.8 Å². The molecule has 1 N–H and O–H groups in total. The van der Waals surface area contributed by atoms with Crippen LogP contribution in [0.15, 0.2) is 58.6 Å². The molecule has 4 nitrogen and oxygen atoms in total. The second kappa shape index (κ2) is 8.70. The third-order valence-electron chi connectivity index (χ3n) is 2.87. The molecule has 0 spiro atoms. The zero-order chi connectivity index (χ0) is 15.8. The van der Waals surface area contributed by atoms with E-state index in [-0.39, 0.29) is 5.91 Å². The molecule has 0 radical (unpaired) electrons. The van der Waals surface area contributed by atoms with Crippen molar-refractivity contribution in [3.05, 3.63) is 54.2 Å². The minimum absolute atomic E-state index is 0.189. The number of carbonyl (C=O) groups is 1. The van der Waals surface area contributed by atoms with E-state index in [2.05, 4.69) is 17.2 Å². The number of pyridine rings is 1. The van der Waals surface area contributed by atoms with Crippen molar-refractivity contribution in [1.29, 1.82) is 0 Å². The fourth-order valence-electron chi connectivity index (χ4n) is 1.80. The number of amides is 1. The van der Waals surface area contributed by atoms with E-state index in [9.17, 15) is 9.00 Å². The highest BCUT2D eigenvalue weighted by Crippen LogP contribution is 2.14. The van der Waals surface area contributed by atoms with Crippen molar-refractivity contribution >= 4 is 28.5 Å². The summed E-state index contributed by atoms with van der Waals surface area (Å²) in [6.45, 7) is 2.42. The summed E-state index contributed by atoms with van der Waals surface area (Å²) in [6, 6.07) is 12.8. The van der Waals surface area contributed by atoms with Crippen LogP contribution in [0.1, 0.15) is 17.3 Å². The summed E-state index contributed by atoms with van der Waals surface area (Å²) >= 11 is 1.63. The molecule has 116 valence electrons. The van der Waals surface area contributed by atoms with Crippen LogP contribution in [-0.4, -0.2) is 33.2 Å². The summed E-state index contributed by atoms with van der Waals surface area (Å²) in [5, 5.41) is 3.68. The topological polar surface area (TPSA) is 59.1 Å². The van der Waals surface area contributed by atoms with Gasteiger partial charge in [-0.1, -0.05) is 25.1 Å². The Morgan fingerprint density at radius 1 is 1.23 bits per heavy atom. The molecular weight excluding hydrogens is 316 g/mol. The Hall–Kier alpha value is -1.66. The number of nitrogens with zero attached hydrogens (tertiary/aromatic N) is 1. The van der Waals surface area contributed by atoms with Gasteiger partial charge in [0.1, 0.15) is 0 Å². The summed E-state index contributed by atoms with van der Waals surface area (Å²) in [5.41, 5.74) is 0.519. The molecule has 1 aromatic carbocycles. The highest BCUT2D eigenvalue weighted by Gasteiger charge is 2.07. The molecule has 0 aliphatic carbocycles. The van der Waals surface area contributed by atoms with Crippen LogP contribution in [0.25, 0.3) is 0 Å². The zero-order valence-corrected chi connectivity index (χ0v) is 14.0. The van der Waals surface area contributed by atoms with Crippen molar-refractivity contribution < 1.29 is 9.00 Å². The smallest absolute Gasteiger partial charge is 0.252 e. The molecule has 2 aromatic rings. The molecule has 1 heterocycles. The summed E-state index contributed by atoms with van der Waals surface area (Å²) in [6.07, 6.45) is 1.57. The Morgan fingerprint density at radius 2 is 2.00 bits per heavy atom. The van der Waals surface area contributed by atoms with Crippen molar-refractivity contribution in [1.82, 2.24) is 10.3 Å². The van der Waals surface area contributed by atoms with Gasteiger partial charge < -0.3 is 5.32 Å². The normalized spacial score (nSPS) is 11.9. The minimum atomic E-state index is -1.10. The first-order valence-electron chi connectivity index (χ1n) is 7.01. The van der Waals surface area contributed by atoms with Gasteiger partial charge in [-0.25, -0.2) is 4.98 Å². The van der Waals surface area contributed by atoms with Gasteiger partial charge in [-0.3, -0.25) is 9.00 Å². The number of nitrogens with one attached hydrogen (secondary N) is 1. The summed E-state index contributed by atoms with van der Waals surface area (Å²) < 4.78 is 12.0. The number of hydrogen-bond acceptors (Lipinski definition) is 4. The summed E-state index contributed by atoms with van der Waals surface area (Å²) in [5.74, 6) is 1.15. The van der Waals surface area contributed by atoms with Crippen LogP contribution in [0.3, 0.4) is 0 Å². The summed E-state index contributed by atoms with van der Waals surface area (Å²) in [7, 11) is -1.10. The third kappa shape index (κ3) is 4.96. The van der Waals surface area contributed by atoms with Crippen molar-refractivity contribution in [2.24, 2.45) is 0 Å². The second-order valence-electron chi connectivity index (χ2n) is 4.44. The van der Waals surface area contributed by atoms with Crippen LogP contribution in [0, 0.1) is 0 Å². The average molecular weight is 334 g/mol. The molecule has 0 bridgehead atoms. The van der Waals surface area contributed by atoms with Gasteiger partial charge in [0.05, 0.1) is 21.4 Å². The highest BCUT2D eigenvalue weighted by molar-refractivity contribution is 7.99. The van der Waals surface area contributed by atoms with Gasteiger partial charge in [0.15, 0.2) is 0 Å². The van der Waals surface area contributed by atoms with Crippen LogP contribution in [0.2, 0.25) is 0 Å². The SMILES string of the molecule is CCSc1ccc(C(=O)NCC[S@](=O)c2ccccc2)cn1. The Morgan fingerprint density at radius 3 is 2.64 bits per heavy atom. The number of aromatic nitrogens is 1. The number of benzene rings is 1. The molecule has 1 aromatic heterocycles. The standard InChI is InChI=1S/C16H18N2O2S2/c1-2-21-15-9-8-13(12-18-15)16(19)17-10-11-22(20)14-6-4-3-5-7-14/h3-9,12H,2,10-11H2,1H3,(H,17,19)/t22-/m0/s1. The molecule has 0 aliphatic rings. The van der Waals surface area contributed by atoms with Gasteiger partial charge in [0, 0.05) is 23.4 Å². The predicted octanol–water partition coefficient (Wildman–Crippen LogP) is 2.73. The van der Waals surface area contributed by atoms with Crippen LogP contribution in [0.4, 0.5) is 0 Å². The van der Waals surface area contributed by atoms with Crippen LogP contribution < -0.4 is 5.32 Å². The molecule has 0 saturated carbocycles. The average Bonchev–Trinajstić information content (AvgIpc) is 2.56. The number of carbonyl (C=O) groups excluding carboxylic acids is 1. The molecule has 22 heavy (non-hydrogen) atoms. The fraction of sp³-hybridized carbons (Fsp3) is 0.250. The quantitative estimate of drug-likeness (QED) is 0.791. The molecule has 6 heteroatoms. The molecule has 0 unspecified atom stereocenters. The predicted molar refractivity (Wildman–Crippen MR) is 90.7 cm³/mol. The van der Waals surface area contributed by atoms with Gasteiger partial charge in [0.2, 0.25) is 0 Å². The lowest BCUT2D eigenvalue weighted by molar-refractivity contribution is 0.0955. The zero-order valence-electron chi connectivity index (χ0n) is 12.3. The van der Waals surface area contributed by atoms with Crippen LogP contribution in [0.5, 0.6) is 0 Å². The molecule has 0 fully saturated rings. The molecule has 1 amide bonds. The molecule has 2 rings (SSSR count). The van der Waals surface area contributed by atoms with Crippen LogP contribution in [-0.2, 0) is 10.8 Å². The van der Waals surface area contributed by atoms with Crippen molar-refractivity contribution in [2.45, 2.75) is 16.8 Å². The van der Waals surface area contributed by atoms with E-state index in [1.165, 1.54) is 0 Å². The molecule has 0 saturated heterocycles.